The predicted octanol–water partition coefficient (Wildman–Crippen LogP) is 3.06. The molecule has 0 saturated heterocycles. The van der Waals surface area contributed by atoms with Crippen LogP contribution < -0.4 is 5.49 Å². The van der Waals surface area contributed by atoms with E-state index in [4.69, 9.17) is 10.8 Å². The Kier molecular flexibility index (Phi) is 7.91. The molecule has 2 N–H and O–H groups in total. The lowest BCUT2D eigenvalue weighted by Crippen LogP contribution is -2.30. The monoisotopic (exact) mass is 389 g/mol. The van der Waals surface area contributed by atoms with Gasteiger partial charge in [0.25, 0.3) is 0 Å². The number of aromatic nitrogens is 4. The number of halogens is 2. The van der Waals surface area contributed by atoms with Crippen LogP contribution >= 0.6 is 0 Å². The molecule has 1 unspecified atom stereocenters. The van der Waals surface area contributed by atoms with Crippen LogP contribution in [0.2, 0.25) is 0 Å². The van der Waals surface area contributed by atoms with Gasteiger partial charge in [0.05, 0.1) is 31.0 Å². The molecule has 28 heavy (non-hydrogen) atoms. The summed E-state index contributed by atoms with van der Waals surface area (Å²) in [6.45, 7) is 3.38. The molecule has 0 bridgehead atoms. The van der Waals surface area contributed by atoms with Crippen LogP contribution in [-0.2, 0) is 13.0 Å². The van der Waals surface area contributed by atoms with Crippen molar-refractivity contribution in [2.75, 3.05) is 6.67 Å². The van der Waals surface area contributed by atoms with E-state index in [0.29, 0.717) is 29.9 Å². The lowest BCUT2D eigenvalue weighted by molar-refractivity contribution is 0.420. The van der Waals surface area contributed by atoms with Crippen molar-refractivity contribution in [3.63, 3.8) is 0 Å². The highest BCUT2D eigenvalue weighted by Crippen LogP contribution is 2.10. The Bertz CT molecular complexity index is 898. The number of allylic oxidation sites excluding steroid dienone is 1. The number of hydrogen-bond acceptors (Lipinski definition) is 5. The van der Waals surface area contributed by atoms with Crippen molar-refractivity contribution < 1.29 is 8.78 Å². The van der Waals surface area contributed by atoms with Crippen LogP contribution in [0.3, 0.4) is 0 Å². The Balaban J connectivity index is 0.000000261. The van der Waals surface area contributed by atoms with Gasteiger partial charge in [-0.3, -0.25) is 24.8 Å². The minimum absolute atomic E-state index is 0.121. The summed E-state index contributed by atoms with van der Waals surface area (Å²) in [5.41, 5.74) is 1.97. The van der Waals surface area contributed by atoms with Gasteiger partial charge in [-0.1, -0.05) is 13.0 Å². The van der Waals surface area contributed by atoms with Gasteiger partial charge in [0.1, 0.15) is 23.8 Å². The highest BCUT2D eigenvalue weighted by atomic mass is 19.1. The molecule has 9 heteroatoms. The van der Waals surface area contributed by atoms with E-state index in [9.17, 15) is 8.78 Å². The summed E-state index contributed by atoms with van der Waals surface area (Å²) in [5.74, 6) is 0.187. The second kappa shape index (κ2) is 10.4. The molecule has 3 heterocycles. The van der Waals surface area contributed by atoms with E-state index in [-0.39, 0.29) is 17.7 Å². The van der Waals surface area contributed by atoms with Crippen molar-refractivity contribution in [2.24, 2.45) is 4.99 Å². The normalized spacial score (nSPS) is 15.6. The van der Waals surface area contributed by atoms with Crippen LogP contribution in [0.4, 0.5) is 8.78 Å². The molecule has 7 nitrogen and oxygen atoms in total. The van der Waals surface area contributed by atoms with E-state index in [1.54, 1.807) is 37.9 Å². The Labute approximate surface area is 162 Å². The van der Waals surface area contributed by atoms with Gasteiger partial charge in [-0.2, -0.15) is 0 Å². The minimum atomic E-state index is -0.819. The van der Waals surface area contributed by atoms with Gasteiger partial charge in [0.2, 0.25) is 0 Å². The average molecular weight is 389 g/mol. The van der Waals surface area contributed by atoms with Gasteiger partial charge in [-0.15, -0.1) is 0 Å². The van der Waals surface area contributed by atoms with Crippen LogP contribution in [0.25, 0.3) is 0 Å². The molecule has 0 spiro atoms. The number of alkyl halides is 2. The number of nitrogens with one attached hydrogen (secondary N) is 2. The maximum absolute atomic E-state index is 12.7. The number of hydrogen-bond donors (Lipinski definition) is 2. The molecule has 0 radical (unpaired) electrons. The first-order chi connectivity index (χ1) is 13.5. The standard InChI is InChI=1S/C12H15FN6.C7H10FN/c1-9(14)19-8-17-11(6-18-5-4-16-7-18)10(2-3-13)12(19)15;1-2-7-6(8)4-3-5-9-7/h4-5,7-8,14-15H,2-3,6H2,1H3;3,5-6H,2,4H2,1H3. The van der Waals surface area contributed by atoms with E-state index in [2.05, 4.69) is 15.0 Å². The van der Waals surface area contributed by atoms with Crippen LogP contribution in [0.1, 0.15) is 37.9 Å². The molecule has 0 amide bonds. The summed E-state index contributed by atoms with van der Waals surface area (Å²) in [4.78, 5) is 12.1. The smallest absolute Gasteiger partial charge is 0.142 e. The molecule has 2 aromatic heterocycles. The Morgan fingerprint density at radius 1 is 1.36 bits per heavy atom. The number of nitrogens with zero attached hydrogens (tertiary/aromatic N) is 5. The zero-order valence-corrected chi connectivity index (χ0v) is 16.1. The van der Waals surface area contributed by atoms with Gasteiger partial charge < -0.3 is 4.57 Å². The third-order valence-electron chi connectivity index (χ3n) is 4.21. The second-order valence-electron chi connectivity index (χ2n) is 6.21. The Morgan fingerprint density at radius 3 is 2.68 bits per heavy atom. The van der Waals surface area contributed by atoms with Crippen molar-refractivity contribution in [2.45, 2.75) is 45.8 Å². The van der Waals surface area contributed by atoms with Crippen molar-refractivity contribution in [1.82, 2.24) is 19.1 Å². The number of aliphatic imine (C=N–C) groups is 1. The maximum Gasteiger partial charge on any atom is 0.142 e. The number of rotatable bonds is 5. The molecule has 0 saturated carbocycles. The summed E-state index contributed by atoms with van der Waals surface area (Å²) in [7, 11) is 0. The topological polar surface area (TPSA) is 95.7 Å². The molecule has 2 aromatic rings. The van der Waals surface area contributed by atoms with Crippen molar-refractivity contribution >= 4 is 11.5 Å². The van der Waals surface area contributed by atoms with Crippen LogP contribution in [0.5, 0.6) is 0 Å². The van der Waals surface area contributed by atoms with E-state index >= 15 is 0 Å². The highest BCUT2D eigenvalue weighted by molar-refractivity contribution is 5.89. The van der Waals surface area contributed by atoms with E-state index in [1.807, 2.05) is 11.5 Å². The number of imidazole rings is 1. The molecular formula is C19H25F2N7. The quantitative estimate of drug-likeness (QED) is 0.607. The molecular weight excluding hydrogens is 364 g/mol. The summed E-state index contributed by atoms with van der Waals surface area (Å²) >= 11 is 0. The van der Waals surface area contributed by atoms with Crippen molar-refractivity contribution in [3.8, 4) is 0 Å². The van der Waals surface area contributed by atoms with Crippen LogP contribution in [0.15, 0.2) is 42.3 Å². The maximum atomic E-state index is 12.7. The van der Waals surface area contributed by atoms with Gasteiger partial charge in [-0.25, -0.2) is 14.4 Å². The highest BCUT2D eigenvalue weighted by Gasteiger charge is 2.12. The van der Waals surface area contributed by atoms with Crippen molar-refractivity contribution in [1.29, 1.82) is 10.8 Å². The Hall–Kier alpha value is -2.97. The lowest BCUT2D eigenvalue weighted by Gasteiger charge is -2.12. The van der Waals surface area contributed by atoms with Gasteiger partial charge >= 0.3 is 0 Å². The van der Waals surface area contributed by atoms with Crippen molar-refractivity contribution in [3.05, 3.63) is 54.1 Å². The molecule has 1 aliphatic rings. The van der Waals surface area contributed by atoms with Crippen LogP contribution in [0, 0.1) is 10.8 Å². The molecule has 150 valence electrons. The minimum Gasteiger partial charge on any atom is -0.331 e. The van der Waals surface area contributed by atoms with Gasteiger partial charge in [-0.05, 0) is 13.3 Å². The lowest BCUT2D eigenvalue weighted by atomic mass is 10.1. The average Bonchev–Trinajstić information content (AvgIpc) is 3.18. The third-order valence-corrected chi connectivity index (χ3v) is 4.21. The first kappa shape index (κ1) is 21.3. The molecule has 0 fully saturated rings. The molecule has 0 aliphatic carbocycles. The fourth-order valence-corrected chi connectivity index (χ4v) is 2.70. The predicted molar refractivity (Wildman–Crippen MR) is 104 cm³/mol. The zero-order chi connectivity index (χ0) is 20.5. The fourth-order valence-electron chi connectivity index (χ4n) is 2.70. The third kappa shape index (κ3) is 5.51. The Morgan fingerprint density at radius 2 is 2.14 bits per heavy atom. The van der Waals surface area contributed by atoms with Gasteiger partial charge in [0.15, 0.2) is 0 Å². The molecule has 0 aromatic carbocycles. The first-order valence-corrected chi connectivity index (χ1v) is 9.04. The summed E-state index contributed by atoms with van der Waals surface area (Å²) in [6.07, 6.45) is 10.5. The van der Waals surface area contributed by atoms with Crippen LogP contribution in [-0.4, -0.2) is 43.5 Å². The zero-order valence-electron chi connectivity index (χ0n) is 16.1. The van der Waals surface area contributed by atoms with Gasteiger partial charge in [0, 0.05) is 37.0 Å². The molecule has 3 rings (SSSR count). The largest absolute Gasteiger partial charge is 0.331 e. The second-order valence-corrected chi connectivity index (χ2v) is 6.21. The summed E-state index contributed by atoms with van der Waals surface area (Å²) in [6, 6.07) is 0. The molecule has 1 atom stereocenters. The SMILES string of the molecule is CC(=N)n1cnc(Cn2ccnc2)c(CCF)c1=N.CCC1=NC=CCC1F. The fraction of sp³-hybridized carbons (Fsp3) is 0.421. The molecule has 1 aliphatic heterocycles. The van der Waals surface area contributed by atoms with E-state index in [0.717, 1.165) is 6.42 Å². The summed E-state index contributed by atoms with van der Waals surface area (Å²) in [5, 5.41) is 15.6. The first-order valence-electron chi connectivity index (χ1n) is 9.04. The van der Waals surface area contributed by atoms with E-state index in [1.165, 1.54) is 10.9 Å². The van der Waals surface area contributed by atoms with E-state index < -0.39 is 12.8 Å². The summed E-state index contributed by atoms with van der Waals surface area (Å²) < 4.78 is 28.5.